The molecule has 1 unspecified atom stereocenters. The van der Waals surface area contributed by atoms with Gasteiger partial charge < -0.3 is 15.4 Å². The lowest BCUT2D eigenvalue weighted by Crippen LogP contribution is -2.30. The molecule has 112 valence electrons. The normalized spacial score (nSPS) is 17.9. The van der Waals surface area contributed by atoms with Crippen molar-refractivity contribution in [2.75, 3.05) is 5.32 Å². The minimum atomic E-state index is -1.28. The van der Waals surface area contributed by atoms with E-state index in [4.69, 9.17) is 0 Å². The summed E-state index contributed by atoms with van der Waals surface area (Å²) in [6, 6.07) is 7.29. The third kappa shape index (κ3) is 2.02. The van der Waals surface area contributed by atoms with Crippen LogP contribution in [-0.2, 0) is 15.0 Å². The fourth-order valence-corrected chi connectivity index (χ4v) is 2.77. The summed E-state index contributed by atoms with van der Waals surface area (Å²) in [6.07, 6.45) is 4.84. The van der Waals surface area contributed by atoms with Crippen molar-refractivity contribution in [3.05, 3.63) is 59.4 Å². The summed E-state index contributed by atoms with van der Waals surface area (Å²) in [6.45, 7) is 3.50. The van der Waals surface area contributed by atoms with E-state index in [2.05, 4.69) is 10.3 Å². The van der Waals surface area contributed by atoms with Crippen molar-refractivity contribution >= 4 is 23.1 Å². The average Bonchev–Trinajstić information content (AvgIpc) is 3.08. The molecule has 0 fully saturated rings. The van der Waals surface area contributed by atoms with E-state index in [1.165, 1.54) is 6.08 Å². The fraction of sp³-hybridized carbons (Fsp3) is 0.176. The number of H-pyrrole nitrogens is 1. The van der Waals surface area contributed by atoms with Gasteiger partial charge in [-0.05, 0) is 43.2 Å². The van der Waals surface area contributed by atoms with Crippen LogP contribution in [0, 0.1) is 6.92 Å². The predicted molar refractivity (Wildman–Crippen MR) is 83.6 cm³/mol. The molecule has 1 aliphatic rings. The molecule has 5 heteroatoms. The first-order chi connectivity index (χ1) is 10.4. The topological polar surface area (TPSA) is 82.2 Å². The van der Waals surface area contributed by atoms with Gasteiger partial charge in [-0.1, -0.05) is 12.1 Å². The Hall–Kier alpha value is -2.82. The molecule has 0 spiro atoms. The minimum Gasteiger partial charge on any atom is -0.480 e. The number of aromatic amines is 1. The van der Waals surface area contributed by atoms with Crippen molar-refractivity contribution in [2.45, 2.75) is 19.3 Å². The molecule has 1 atom stereocenters. The zero-order valence-electron chi connectivity index (χ0n) is 12.3. The first kappa shape index (κ1) is 14.1. The quantitative estimate of drug-likeness (QED) is 0.762. The number of nitrogens with one attached hydrogen (secondary N) is 2. The van der Waals surface area contributed by atoms with Gasteiger partial charge in [0.15, 0.2) is 0 Å². The molecular weight excluding hydrogens is 280 g/mol. The summed E-state index contributed by atoms with van der Waals surface area (Å²) in [4.78, 5) is 27.0. The zero-order valence-corrected chi connectivity index (χ0v) is 12.3. The van der Waals surface area contributed by atoms with E-state index < -0.39 is 11.4 Å². The summed E-state index contributed by atoms with van der Waals surface area (Å²) in [7, 11) is 0. The number of amides is 1. The van der Waals surface area contributed by atoms with Gasteiger partial charge in [0, 0.05) is 29.2 Å². The Balaban J connectivity index is 2.20. The van der Waals surface area contributed by atoms with Gasteiger partial charge in [-0.3, -0.25) is 9.59 Å². The first-order valence-electron chi connectivity index (χ1n) is 6.94. The summed E-state index contributed by atoms with van der Waals surface area (Å²) >= 11 is 0. The lowest BCUT2D eigenvalue weighted by molar-refractivity contribution is -0.141. The zero-order chi connectivity index (χ0) is 15.9. The molecule has 1 amide bonds. The molecule has 0 saturated carbocycles. The Labute approximate surface area is 127 Å². The van der Waals surface area contributed by atoms with Crippen LogP contribution in [-0.4, -0.2) is 22.0 Å². The molecule has 3 rings (SSSR count). The number of aryl methyl sites for hydroxylation is 1. The number of carboxylic acid groups (broad SMARTS) is 1. The number of aromatic nitrogens is 1. The largest absolute Gasteiger partial charge is 0.480 e. The highest BCUT2D eigenvalue weighted by molar-refractivity contribution is 6.32. The van der Waals surface area contributed by atoms with Gasteiger partial charge in [0.2, 0.25) is 0 Å². The summed E-state index contributed by atoms with van der Waals surface area (Å²) < 4.78 is 0. The third-order valence-electron chi connectivity index (χ3n) is 4.11. The van der Waals surface area contributed by atoms with E-state index in [0.29, 0.717) is 11.1 Å². The van der Waals surface area contributed by atoms with Crippen LogP contribution in [0.2, 0.25) is 0 Å². The van der Waals surface area contributed by atoms with Crippen molar-refractivity contribution in [2.24, 2.45) is 0 Å². The maximum Gasteiger partial charge on any atom is 0.317 e. The number of hydrogen-bond acceptors (Lipinski definition) is 2. The SMILES string of the molecule is Cc1cccc2c1C(=CC(C)(C(=O)O)c1cc[nH]c1)C(=O)N2. The number of carbonyl (C=O) groups excluding carboxylic acids is 1. The monoisotopic (exact) mass is 296 g/mol. The van der Waals surface area contributed by atoms with E-state index in [0.717, 1.165) is 16.8 Å². The second kappa shape index (κ2) is 4.87. The molecule has 3 N–H and O–H groups in total. The van der Waals surface area contributed by atoms with Crippen LogP contribution in [0.3, 0.4) is 0 Å². The molecule has 1 aromatic heterocycles. The second-order valence-corrected chi connectivity index (χ2v) is 5.62. The number of benzene rings is 1. The van der Waals surface area contributed by atoms with E-state index in [1.807, 2.05) is 25.1 Å². The highest BCUT2D eigenvalue weighted by Crippen LogP contribution is 2.38. The molecule has 2 heterocycles. The smallest absolute Gasteiger partial charge is 0.317 e. The fourth-order valence-electron chi connectivity index (χ4n) is 2.77. The maximum atomic E-state index is 12.3. The van der Waals surface area contributed by atoms with E-state index in [9.17, 15) is 14.7 Å². The van der Waals surface area contributed by atoms with E-state index in [-0.39, 0.29) is 5.91 Å². The van der Waals surface area contributed by atoms with Gasteiger partial charge in [0.1, 0.15) is 5.41 Å². The number of carbonyl (C=O) groups is 2. The van der Waals surface area contributed by atoms with Crippen LogP contribution in [0.1, 0.15) is 23.6 Å². The van der Waals surface area contributed by atoms with Crippen LogP contribution >= 0.6 is 0 Å². The summed E-state index contributed by atoms with van der Waals surface area (Å²) in [5.41, 5.74) is 2.15. The molecule has 2 aromatic rings. The molecule has 0 aliphatic carbocycles. The van der Waals surface area contributed by atoms with Gasteiger partial charge in [-0.2, -0.15) is 0 Å². The van der Waals surface area contributed by atoms with Crippen molar-refractivity contribution in [3.63, 3.8) is 0 Å². The third-order valence-corrected chi connectivity index (χ3v) is 4.11. The molecule has 1 aromatic carbocycles. The maximum absolute atomic E-state index is 12.3. The van der Waals surface area contributed by atoms with E-state index >= 15 is 0 Å². The van der Waals surface area contributed by atoms with Gasteiger partial charge in [0.05, 0.1) is 0 Å². The van der Waals surface area contributed by atoms with Crippen LogP contribution in [0.5, 0.6) is 0 Å². The van der Waals surface area contributed by atoms with Crippen molar-refractivity contribution in [3.8, 4) is 0 Å². The van der Waals surface area contributed by atoms with Gasteiger partial charge in [0.25, 0.3) is 5.91 Å². The van der Waals surface area contributed by atoms with Crippen molar-refractivity contribution in [1.29, 1.82) is 0 Å². The van der Waals surface area contributed by atoms with Gasteiger partial charge in [-0.25, -0.2) is 0 Å². The number of carboxylic acids is 1. The Kier molecular flexibility index (Phi) is 3.13. The number of fused-ring (bicyclic) bond motifs is 1. The van der Waals surface area contributed by atoms with Crippen LogP contribution in [0.15, 0.2) is 42.7 Å². The highest BCUT2D eigenvalue weighted by atomic mass is 16.4. The summed E-state index contributed by atoms with van der Waals surface area (Å²) in [5, 5.41) is 12.5. The van der Waals surface area contributed by atoms with Crippen molar-refractivity contribution in [1.82, 2.24) is 4.98 Å². The lowest BCUT2D eigenvalue weighted by Gasteiger charge is -2.20. The van der Waals surface area contributed by atoms with Crippen LogP contribution < -0.4 is 5.32 Å². The van der Waals surface area contributed by atoms with E-state index in [1.54, 1.807) is 25.4 Å². The molecule has 1 aliphatic heterocycles. The lowest BCUT2D eigenvalue weighted by atomic mass is 9.81. The first-order valence-corrected chi connectivity index (χ1v) is 6.94. The number of anilines is 1. The Morgan fingerprint density at radius 1 is 1.32 bits per heavy atom. The van der Waals surface area contributed by atoms with Crippen LogP contribution in [0.4, 0.5) is 5.69 Å². The molecule has 22 heavy (non-hydrogen) atoms. The highest BCUT2D eigenvalue weighted by Gasteiger charge is 2.37. The number of aliphatic carboxylic acids is 1. The molecule has 5 nitrogen and oxygen atoms in total. The van der Waals surface area contributed by atoms with Crippen LogP contribution in [0.25, 0.3) is 5.57 Å². The Morgan fingerprint density at radius 3 is 2.73 bits per heavy atom. The van der Waals surface area contributed by atoms with Gasteiger partial charge >= 0.3 is 5.97 Å². The molecule has 0 bridgehead atoms. The Morgan fingerprint density at radius 2 is 2.09 bits per heavy atom. The standard InChI is InChI=1S/C17H16N2O3/c1-10-4-3-5-13-14(10)12(15(20)19-13)8-17(2,16(21)22)11-6-7-18-9-11/h3-9,18H,1-2H3,(H,19,20)(H,21,22). The molecule has 0 radical (unpaired) electrons. The average molecular weight is 296 g/mol. The Bertz CT molecular complexity index is 790. The number of hydrogen-bond donors (Lipinski definition) is 3. The van der Waals surface area contributed by atoms with Crippen molar-refractivity contribution < 1.29 is 14.7 Å². The van der Waals surface area contributed by atoms with Gasteiger partial charge in [-0.15, -0.1) is 0 Å². The predicted octanol–water partition coefficient (Wildman–Crippen LogP) is 2.70. The molecule has 0 saturated heterocycles. The second-order valence-electron chi connectivity index (χ2n) is 5.62. The minimum absolute atomic E-state index is 0.271. The summed E-state index contributed by atoms with van der Waals surface area (Å²) in [5.74, 6) is -1.28. The molecular formula is C17H16N2O3. The number of rotatable bonds is 3.